The van der Waals surface area contributed by atoms with Gasteiger partial charge >= 0.3 is 0 Å². The number of ether oxygens (including phenoxy) is 1. The van der Waals surface area contributed by atoms with Gasteiger partial charge in [0.2, 0.25) is 0 Å². The first-order valence-corrected chi connectivity index (χ1v) is 6.88. The monoisotopic (exact) mass is 253 g/mol. The number of benzene rings is 2. The quantitative estimate of drug-likeness (QED) is 0.911. The number of nitrogens with two attached hydrogens (primary N) is 1. The van der Waals surface area contributed by atoms with Crippen LogP contribution in [0.25, 0.3) is 0 Å². The number of fused-ring (bicyclic) bond motifs is 1. The number of hydrogen-bond acceptors (Lipinski definition) is 2. The van der Waals surface area contributed by atoms with Crippen molar-refractivity contribution < 1.29 is 4.74 Å². The Balaban J connectivity index is 1.92. The molecule has 2 N–H and O–H groups in total. The van der Waals surface area contributed by atoms with Gasteiger partial charge in [0.1, 0.15) is 5.75 Å². The Kier molecular flexibility index (Phi) is 3.26. The van der Waals surface area contributed by atoms with Crippen molar-refractivity contribution in [1.82, 2.24) is 0 Å². The molecule has 0 aromatic heterocycles. The van der Waals surface area contributed by atoms with E-state index in [4.69, 9.17) is 10.5 Å². The van der Waals surface area contributed by atoms with E-state index in [-0.39, 0.29) is 6.04 Å². The van der Waals surface area contributed by atoms with Crippen LogP contribution >= 0.6 is 0 Å². The lowest BCUT2D eigenvalue weighted by Crippen LogP contribution is -2.12. The van der Waals surface area contributed by atoms with Gasteiger partial charge in [-0.05, 0) is 34.7 Å². The maximum atomic E-state index is 6.39. The van der Waals surface area contributed by atoms with Gasteiger partial charge < -0.3 is 10.5 Å². The van der Waals surface area contributed by atoms with E-state index < -0.39 is 0 Å². The molecule has 3 rings (SSSR count). The van der Waals surface area contributed by atoms with Gasteiger partial charge in [-0.2, -0.15) is 0 Å². The zero-order chi connectivity index (χ0) is 13.2. The van der Waals surface area contributed by atoms with Crippen LogP contribution in [-0.4, -0.2) is 6.61 Å². The SMILES string of the molecule is CCc1cccc(C(N)c2ccc3c(c2)CCO3)c1. The minimum absolute atomic E-state index is 0.0580. The molecule has 2 nitrogen and oxygen atoms in total. The first-order chi connectivity index (χ1) is 9.28. The summed E-state index contributed by atoms with van der Waals surface area (Å²) in [6.07, 6.45) is 2.03. The maximum Gasteiger partial charge on any atom is 0.122 e. The fraction of sp³-hybridized carbons (Fsp3) is 0.294. The average molecular weight is 253 g/mol. The van der Waals surface area contributed by atoms with Crippen LogP contribution in [-0.2, 0) is 12.8 Å². The van der Waals surface area contributed by atoms with Gasteiger partial charge in [0.05, 0.1) is 12.6 Å². The molecule has 0 radical (unpaired) electrons. The van der Waals surface area contributed by atoms with Crippen LogP contribution in [0.2, 0.25) is 0 Å². The first-order valence-electron chi connectivity index (χ1n) is 6.88. The lowest BCUT2D eigenvalue weighted by atomic mass is 9.95. The van der Waals surface area contributed by atoms with E-state index in [9.17, 15) is 0 Å². The van der Waals surface area contributed by atoms with Crippen LogP contribution in [0.1, 0.15) is 35.2 Å². The molecule has 1 aliphatic rings. The second-order valence-corrected chi connectivity index (χ2v) is 5.04. The number of hydrogen-bond donors (Lipinski definition) is 1. The van der Waals surface area contributed by atoms with Crippen LogP contribution in [0.5, 0.6) is 5.75 Å². The Bertz CT molecular complexity index is 592. The van der Waals surface area contributed by atoms with Crippen LogP contribution in [0.15, 0.2) is 42.5 Å². The topological polar surface area (TPSA) is 35.2 Å². The third-order valence-electron chi connectivity index (χ3n) is 3.79. The van der Waals surface area contributed by atoms with E-state index in [0.29, 0.717) is 0 Å². The van der Waals surface area contributed by atoms with Crippen LogP contribution in [0.3, 0.4) is 0 Å². The summed E-state index contributed by atoms with van der Waals surface area (Å²) < 4.78 is 5.53. The molecule has 2 aromatic rings. The minimum Gasteiger partial charge on any atom is -0.493 e. The van der Waals surface area contributed by atoms with E-state index in [1.54, 1.807) is 0 Å². The highest BCUT2D eigenvalue weighted by Crippen LogP contribution is 2.29. The highest BCUT2D eigenvalue weighted by Gasteiger charge is 2.15. The Morgan fingerprint density at radius 3 is 2.84 bits per heavy atom. The van der Waals surface area contributed by atoms with E-state index >= 15 is 0 Å². The van der Waals surface area contributed by atoms with Crippen molar-refractivity contribution in [3.63, 3.8) is 0 Å². The van der Waals surface area contributed by atoms with Crippen LogP contribution < -0.4 is 10.5 Å². The standard InChI is InChI=1S/C17H19NO/c1-2-12-4-3-5-14(10-12)17(18)15-6-7-16-13(11-15)8-9-19-16/h3-7,10-11,17H,2,8-9,18H2,1H3. The van der Waals surface area contributed by atoms with Gasteiger partial charge in [0.25, 0.3) is 0 Å². The van der Waals surface area contributed by atoms with E-state index in [1.807, 2.05) is 6.07 Å². The van der Waals surface area contributed by atoms with Crippen LogP contribution in [0.4, 0.5) is 0 Å². The first kappa shape index (κ1) is 12.2. The van der Waals surface area contributed by atoms with Gasteiger partial charge in [-0.1, -0.05) is 43.3 Å². The molecule has 2 heteroatoms. The fourth-order valence-electron chi connectivity index (χ4n) is 2.60. The van der Waals surface area contributed by atoms with Crippen molar-refractivity contribution >= 4 is 0 Å². The molecule has 0 bridgehead atoms. The summed E-state index contributed by atoms with van der Waals surface area (Å²) in [5.41, 5.74) is 11.3. The Morgan fingerprint density at radius 1 is 1.16 bits per heavy atom. The molecular formula is C17H19NO. The zero-order valence-corrected chi connectivity index (χ0v) is 11.2. The van der Waals surface area contributed by atoms with E-state index in [2.05, 4.69) is 43.3 Å². The smallest absolute Gasteiger partial charge is 0.122 e. The van der Waals surface area contributed by atoms with Crippen molar-refractivity contribution in [3.8, 4) is 5.75 Å². The van der Waals surface area contributed by atoms with Gasteiger partial charge in [-0.25, -0.2) is 0 Å². The molecule has 1 heterocycles. The van der Waals surface area contributed by atoms with Crippen molar-refractivity contribution in [2.24, 2.45) is 5.73 Å². The molecular weight excluding hydrogens is 234 g/mol. The lowest BCUT2D eigenvalue weighted by molar-refractivity contribution is 0.357. The highest BCUT2D eigenvalue weighted by molar-refractivity contribution is 5.43. The van der Waals surface area contributed by atoms with Crippen molar-refractivity contribution in [3.05, 3.63) is 64.7 Å². The molecule has 0 amide bonds. The van der Waals surface area contributed by atoms with Crippen LogP contribution in [0, 0.1) is 0 Å². The lowest BCUT2D eigenvalue weighted by Gasteiger charge is -2.14. The Labute approximate surface area is 114 Å². The largest absolute Gasteiger partial charge is 0.493 e. The highest BCUT2D eigenvalue weighted by atomic mass is 16.5. The van der Waals surface area contributed by atoms with Gasteiger partial charge in [-0.15, -0.1) is 0 Å². The zero-order valence-electron chi connectivity index (χ0n) is 11.2. The van der Waals surface area contributed by atoms with Crippen molar-refractivity contribution in [2.75, 3.05) is 6.61 Å². The molecule has 0 spiro atoms. The van der Waals surface area contributed by atoms with E-state index in [1.165, 1.54) is 16.7 Å². The van der Waals surface area contributed by atoms with Crippen molar-refractivity contribution in [2.45, 2.75) is 25.8 Å². The summed E-state index contributed by atoms with van der Waals surface area (Å²) in [7, 11) is 0. The third kappa shape index (κ3) is 2.36. The predicted octanol–water partition coefficient (Wildman–Crippen LogP) is 3.23. The Hall–Kier alpha value is -1.80. The molecule has 0 fully saturated rings. The molecule has 2 aromatic carbocycles. The second kappa shape index (κ2) is 5.06. The molecule has 1 unspecified atom stereocenters. The minimum atomic E-state index is -0.0580. The average Bonchev–Trinajstić information content (AvgIpc) is 2.94. The molecule has 0 saturated carbocycles. The summed E-state index contributed by atoms with van der Waals surface area (Å²) >= 11 is 0. The predicted molar refractivity (Wildman–Crippen MR) is 77.5 cm³/mol. The third-order valence-corrected chi connectivity index (χ3v) is 3.79. The normalized spacial score (nSPS) is 14.8. The second-order valence-electron chi connectivity index (χ2n) is 5.04. The number of rotatable bonds is 3. The van der Waals surface area contributed by atoms with E-state index in [0.717, 1.165) is 30.8 Å². The molecule has 98 valence electrons. The summed E-state index contributed by atoms with van der Waals surface area (Å²) in [5.74, 6) is 1.01. The Morgan fingerprint density at radius 2 is 2.00 bits per heavy atom. The van der Waals surface area contributed by atoms with Gasteiger partial charge in [0, 0.05) is 6.42 Å². The summed E-state index contributed by atoms with van der Waals surface area (Å²) in [5, 5.41) is 0. The summed E-state index contributed by atoms with van der Waals surface area (Å²) in [6.45, 7) is 2.96. The molecule has 1 aliphatic heterocycles. The van der Waals surface area contributed by atoms with Crippen molar-refractivity contribution in [1.29, 1.82) is 0 Å². The summed E-state index contributed by atoms with van der Waals surface area (Å²) in [4.78, 5) is 0. The van der Waals surface area contributed by atoms with Gasteiger partial charge in [0.15, 0.2) is 0 Å². The fourth-order valence-corrected chi connectivity index (χ4v) is 2.60. The molecule has 0 aliphatic carbocycles. The van der Waals surface area contributed by atoms with Gasteiger partial charge in [-0.3, -0.25) is 0 Å². The molecule has 0 saturated heterocycles. The molecule has 19 heavy (non-hydrogen) atoms. The maximum absolute atomic E-state index is 6.39. The molecule has 1 atom stereocenters. The summed E-state index contributed by atoms with van der Waals surface area (Å²) in [6, 6.07) is 14.8. The number of aryl methyl sites for hydroxylation is 1.